The lowest BCUT2D eigenvalue weighted by Gasteiger charge is -2.15. The van der Waals surface area contributed by atoms with Gasteiger partial charge in [-0.1, -0.05) is 243 Å². The van der Waals surface area contributed by atoms with E-state index in [1.807, 2.05) is 178 Å². The van der Waals surface area contributed by atoms with Crippen LogP contribution in [0.15, 0.2) is 325 Å². The molecule has 6 N–H and O–H groups in total. The Labute approximate surface area is 512 Å². The van der Waals surface area contributed by atoms with Crippen LogP contribution in [0.3, 0.4) is 0 Å². The van der Waals surface area contributed by atoms with E-state index in [0.29, 0.717) is 28.7 Å². The average molecular weight is 1130 g/mol. The fourth-order valence-corrected chi connectivity index (χ4v) is 10.3. The van der Waals surface area contributed by atoms with Crippen molar-refractivity contribution in [3.63, 3.8) is 0 Å². The van der Waals surface area contributed by atoms with Crippen LogP contribution in [0.2, 0.25) is 0 Å². The molecular formula is C81H70N6. The van der Waals surface area contributed by atoms with Gasteiger partial charge in [0.15, 0.2) is 11.7 Å². The lowest BCUT2D eigenvalue weighted by atomic mass is 9.91. The zero-order chi connectivity index (χ0) is 60.5. The molecule has 11 aromatic rings. The number of nitrogens with zero attached hydrogens (tertiary/aromatic N) is 2. The van der Waals surface area contributed by atoms with Gasteiger partial charge in [0.1, 0.15) is 11.7 Å². The SMILES string of the molecule is C=C(C)C.CC1C=CC(c2cc(C(N)=NC(=N)c3cc(-c4ccccc4)cc(-c4ccccc4)c3)cc(-c3ccccc3)c2)=CC1.N=C(N=C(N)c1cc(-c2ccccc2)cc(-c2ccccc2)c1)c1cc(-c2ccccc2)cc(-c2ccccc2)c1. The number of amidine groups is 4. The Morgan fingerprint density at radius 1 is 0.345 bits per heavy atom. The standard InChI is InChI=1S/C39H33N3.C38H29N3.C4H8/c1-27-17-19-31(20-18-27)35-22-34(30-15-9-4-10-16-30)25-37(26-35)39(41)42-38(40)36-23-32(28-11-5-2-6-12-28)21-33(24-36)29-13-7-3-8-14-29;39-37(35-23-31(27-13-5-1-6-14-27)21-32(24-35)28-15-7-2-8-16-28)41-38(40)36-25-33(29-17-9-3-10-18-29)22-34(26-36)30-19-11-4-12-20-30;1-4(2)3/h2-17,19-27H,18H2,1H3,(H3,40,41,42);1-26H,(H3,39,40,41);1H2,2-3H3. The summed E-state index contributed by atoms with van der Waals surface area (Å²) in [6.45, 7) is 9.72. The summed E-state index contributed by atoms with van der Waals surface area (Å²) >= 11 is 0. The van der Waals surface area contributed by atoms with E-state index in [-0.39, 0.29) is 11.7 Å². The topological polar surface area (TPSA) is 124 Å². The van der Waals surface area contributed by atoms with Gasteiger partial charge in [0.05, 0.1) is 0 Å². The van der Waals surface area contributed by atoms with E-state index in [9.17, 15) is 0 Å². The third-order valence-electron chi connectivity index (χ3n) is 14.7. The molecule has 1 unspecified atom stereocenters. The Balaban J connectivity index is 0.000000182. The lowest BCUT2D eigenvalue weighted by molar-refractivity contribution is 0.739. The van der Waals surface area contributed by atoms with Gasteiger partial charge in [-0.3, -0.25) is 10.8 Å². The second-order valence-corrected chi connectivity index (χ2v) is 21.9. The molecule has 6 heteroatoms. The van der Waals surface area contributed by atoms with Gasteiger partial charge in [0.2, 0.25) is 0 Å². The molecule has 1 aliphatic carbocycles. The molecule has 0 bridgehead atoms. The van der Waals surface area contributed by atoms with Gasteiger partial charge in [-0.15, -0.1) is 6.58 Å². The summed E-state index contributed by atoms with van der Waals surface area (Å²) in [5.74, 6) is 1.39. The molecule has 0 radical (unpaired) electrons. The van der Waals surface area contributed by atoms with Crippen molar-refractivity contribution in [2.45, 2.75) is 27.2 Å². The molecule has 6 nitrogen and oxygen atoms in total. The quantitative estimate of drug-likeness (QED) is 0.0553. The van der Waals surface area contributed by atoms with Gasteiger partial charge in [-0.25, -0.2) is 9.98 Å². The summed E-state index contributed by atoms with van der Waals surface area (Å²) in [5.41, 5.74) is 34.7. The molecule has 87 heavy (non-hydrogen) atoms. The molecule has 0 heterocycles. The minimum atomic E-state index is 0.115. The highest BCUT2D eigenvalue weighted by atomic mass is 14.9. The molecule has 0 aliphatic heterocycles. The molecule has 0 aromatic heterocycles. The monoisotopic (exact) mass is 1130 g/mol. The first-order chi connectivity index (χ1) is 42.4. The van der Waals surface area contributed by atoms with Crippen LogP contribution in [0.5, 0.6) is 0 Å². The van der Waals surface area contributed by atoms with E-state index in [0.717, 1.165) is 101 Å². The smallest absolute Gasteiger partial charge is 0.154 e. The van der Waals surface area contributed by atoms with Crippen molar-refractivity contribution in [2.24, 2.45) is 27.4 Å². The van der Waals surface area contributed by atoms with Crippen molar-refractivity contribution in [1.82, 2.24) is 0 Å². The van der Waals surface area contributed by atoms with E-state index in [4.69, 9.17) is 22.3 Å². The summed E-state index contributed by atoms with van der Waals surface area (Å²) in [6, 6.07) is 96.7. The zero-order valence-corrected chi connectivity index (χ0v) is 49.4. The summed E-state index contributed by atoms with van der Waals surface area (Å²) in [6.07, 6.45) is 7.74. The Bertz CT molecular complexity index is 4120. The van der Waals surface area contributed by atoms with Crippen molar-refractivity contribution in [3.8, 4) is 77.9 Å². The molecule has 0 spiro atoms. The Kier molecular flexibility index (Phi) is 19.3. The van der Waals surface area contributed by atoms with Crippen LogP contribution in [0.1, 0.15) is 55.0 Å². The number of nitrogens with two attached hydrogens (primary N) is 2. The number of allylic oxidation sites excluding steroid dienone is 5. The van der Waals surface area contributed by atoms with Crippen LogP contribution in [0.25, 0.3) is 83.5 Å². The molecule has 0 amide bonds. The molecule has 1 atom stereocenters. The molecule has 0 fully saturated rings. The predicted molar refractivity (Wildman–Crippen MR) is 370 cm³/mol. The largest absolute Gasteiger partial charge is 0.383 e. The first-order valence-electron chi connectivity index (χ1n) is 29.3. The van der Waals surface area contributed by atoms with Crippen molar-refractivity contribution < 1.29 is 0 Å². The fourth-order valence-electron chi connectivity index (χ4n) is 10.3. The number of aliphatic imine (C=N–C) groups is 2. The van der Waals surface area contributed by atoms with E-state index in [1.165, 1.54) is 11.1 Å². The molecular weight excluding hydrogens is 1060 g/mol. The third kappa shape index (κ3) is 15.8. The molecule has 424 valence electrons. The van der Waals surface area contributed by atoms with Crippen LogP contribution in [-0.2, 0) is 0 Å². The van der Waals surface area contributed by atoms with Crippen LogP contribution >= 0.6 is 0 Å². The van der Waals surface area contributed by atoms with E-state index in [1.54, 1.807) is 0 Å². The number of hydrogen-bond donors (Lipinski definition) is 4. The highest BCUT2D eigenvalue weighted by Gasteiger charge is 2.16. The Morgan fingerprint density at radius 3 is 0.793 bits per heavy atom. The van der Waals surface area contributed by atoms with Crippen LogP contribution in [-0.4, -0.2) is 23.3 Å². The van der Waals surface area contributed by atoms with E-state index < -0.39 is 0 Å². The highest BCUT2D eigenvalue weighted by Crippen LogP contribution is 2.34. The van der Waals surface area contributed by atoms with Gasteiger partial charge >= 0.3 is 0 Å². The van der Waals surface area contributed by atoms with Crippen LogP contribution < -0.4 is 11.5 Å². The number of benzene rings is 11. The maximum absolute atomic E-state index is 9.03. The molecule has 0 saturated carbocycles. The molecule has 12 rings (SSSR count). The number of rotatable bonds is 12. The summed E-state index contributed by atoms with van der Waals surface area (Å²) < 4.78 is 0. The highest BCUT2D eigenvalue weighted by molar-refractivity contribution is 6.12. The number of nitrogens with one attached hydrogen (secondary N) is 2. The van der Waals surface area contributed by atoms with Gasteiger partial charge in [0, 0.05) is 22.3 Å². The van der Waals surface area contributed by atoms with Gasteiger partial charge in [-0.2, -0.15) is 0 Å². The van der Waals surface area contributed by atoms with Crippen LogP contribution in [0, 0.1) is 16.7 Å². The summed E-state index contributed by atoms with van der Waals surface area (Å²) in [7, 11) is 0. The first kappa shape index (κ1) is 59.1. The van der Waals surface area contributed by atoms with Crippen molar-refractivity contribution in [3.05, 3.63) is 343 Å². The average Bonchev–Trinajstić information content (AvgIpc) is 3.34. The second kappa shape index (κ2) is 28.5. The molecule has 0 saturated heterocycles. The van der Waals surface area contributed by atoms with E-state index in [2.05, 4.69) is 163 Å². The minimum Gasteiger partial charge on any atom is -0.383 e. The maximum Gasteiger partial charge on any atom is 0.154 e. The summed E-state index contributed by atoms with van der Waals surface area (Å²) in [4.78, 5) is 9.29. The van der Waals surface area contributed by atoms with Crippen molar-refractivity contribution in [2.75, 3.05) is 0 Å². The summed E-state index contributed by atoms with van der Waals surface area (Å²) in [5, 5.41) is 18.0. The third-order valence-corrected chi connectivity index (χ3v) is 14.7. The normalized spacial score (nSPS) is 12.8. The Hall–Kier alpha value is -11.1. The first-order valence-corrected chi connectivity index (χ1v) is 29.3. The van der Waals surface area contributed by atoms with Gasteiger partial charge in [-0.05, 0) is 188 Å². The molecule has 1 aliphatic rings. The van der Waals surface area contributed by atoms with Crippen LogP contribution in [0.4, 0.5) is 0 Å². The lowest BCUT2D eigenvalue weighted by Crippen LogP contribution is -2.16. The van der Waals surface area contributed by atoms with Crippen molar-refractivity contribution in [1.29, 1.82) is 10.8 Å². The zero-order valence-electron chi connectivity index (χ0n) is 49.4. The predicted octanol–water partition coefficient (Wildman–Crippen LogP) is 20.1. The van der Waals surface area contributed by atoms with Gasteiger partial charge in [0.25, 0.3) is 0 Å². The minimum absolute atomic E-state index is 0.115. The van der Waals surface area contributed by atoms with E-state index >= 15 is 0 Å². The Morgan fingerprint density at radius 2 is 0.563 bits per heavy atom. The van der Waals surface area contributed by atoms with Crippen molar-refractivity contribution >= 4 is 28.9 Å². The number of hydrogen-bond acceptors (Lipinski definition) is 2. The fraction of sp³-hybridized carbons (Fsp3) is 0.0617. The molecule has 11 aromatic carbocycles. The van der Waals surface area contributed by atoms with Gasteiger partial charge < -0.3 is 11.5 Å². The second-order valence-electron chi connectivity index (χ2n) is 21.9. The maximum atomic E-state index is 9.03.